The van der Waals surface area contributed by atoms with E-state index in [9.17, 15) is 10.1 Å². The van der Waals surface area contributed by atoms with Gasteiger partial charge in [-0.3, -0.25) is 0 Å². The smallest absolute Gasteiger partial charge is 0.343 e. The molecule has 8 heteroatoms. The zero-order valence-electron chi connectivity index (χ0n) is 22.0. The van der Waals surface area contributed by atoms with Gasteiger partial charge in [-0.05, 0) is 54.4 Å². The number of rotatable bonds is 11. The van der Waals surface area contributed by atoms with E-state index >= 15 is 0 Å². The number of nitriles is 1. The lowest BCUT2D eigenvalue weighted by molar-refractivity contribution is 0.0734. The summed E-state index contributed by atoms with van der Waals surface area (Å²) in [5, 5.41) is 9.93. The van der Waals surface area contributed by atoms with Gasteiger partial charge in [0.1, 0.15) is 23.1 Å². The number of ether oxygens (including phenoxy) is 4. The number of allylic oxidation sites excluding steroid dienone is 1. The average molecular weight is 592 g/mol. The molecule has 0 saturated carbocycles. The molecular formula is C31H31BrN2O5. The van der Waals surface area contributed by atoms with Gasteiger partial charge in [0.2, 0.25) is 5.88 Å². The number of carbonyl (C=O) groups excluding carboxylic acids is 1. The van der Waals surface area contributed by atoms with Crippen molar-refractivity contribution >= 4 is 21.9 Å². The van der Waals surface area contributed by atoms with Gasteiger partial charge in [-0.25, -0.2) is 4.79 Å². The van der Waals surface area contributed by atoms with Gasteiger partial charge in [0.15, 0.2) is 11.5 Å². The zero-order valence-corrected chi connectivity index (χ0v) is 23.6. The highest BCUT2D eigenvalue weighted by Crippen LogP contribution is 2.45. The van der Waals surface area contributed by atoms with Crippen LogP contribution in [0.15, 0.2) is 76.6 Å². The summed E-state index contributed by atoms with van der Waals surface area (Å²) < 4.78 is 23.8. The molecule has 3 aromatic rings. The quantitative estimate of drug-likeness (QED) is 0.142. The van der Waals surface area contributed by atoms with Crippen LogP contribution < -0.4 is 24.7 Å². The Hall–Kier alpha value is -3.96. The van der Waals surface area contributed by atoms with Crippen molar-refractivity contribution in [3.63, 3.8) is 0 Å². The van der Waals surface area contributed by atoms with Crippen molar-refractivity contribution in [1.82, 2.24) is 0 Å². The fraction of sp³-hybridized carbons (Fsp3) is 0.290. The number of hydrogen-bond donors (Lipinski definition) is 1. The molecule has 0 amide bonds. The predicted octanol–water partition coefficient (Wildman–Crippen LogP) is 7.24. The van der Waals surface area contributed by atoms with Crippen molar-refractivity contribution in [3.05, 3.63) is 93.3 Å². The van der Waals surface area contributed by atoms with E-state index in [4.69, 9.17) is 24.7 Å². The van der Waals surface area contributed by atoms with Gasteiger partial charge < -0.3 is 24.7 Å². The minimum atomic E-state index is -0.498. The van der Waals surface area contributed by atoms with Crippen LogP contribution in [0.1, 0.15) is 66.4 Å². The Morgan fingerprint density at radius 3 is 2.51 bits per heavy atom. The van der Waals surface area contributed by atoms with Crippen molar-refractivity contribution in [1.29, 1.82) is 5.26 Å². The van der Waals surface area contributed by atoms with Crippen molar-refractivity contribution in [3.8, 4) is 29.1 Å². The Bertz CT molecular complexity index is 1400. The second kappa shape index (κ2) is 13.2. The molecule has 0 bridgehead atoms. The number of fused-ring (bicyclic) bond motifs is 1. The molecule has 1 aliphatic rings. The molecule has 1 unspecified atom stereocenters. The molecule has 39 heavy (non-hydrogen) atoms. The summed E-state index contributed by atoms with van der Waals surface area (Å²) in [5.74, 6) is 0.934. The molecule has 3 aromatic carbocycles. The Morgan fingerprint density at radius 1 is 1.03 bits per heavy atom. The molecule has 1 heterocycles. The highest BCUT2D eigenvalue weighted by Gasteiger charge is 2.32. The second-order valence-corrected chi connectivity index (χ2v) is 10.1. The van der Waals surface area contributed by atoms with Gasteiger partial charge in [-0.2, -0.15) is 5.26 Å². The molecule has 4 rings (SSSR count). The molecule has 0 fully saturated rings. The van der Waals surface area contributed by atoms with Crippen LogP contribution in [0.3, 0.4) is 0 Å². The number of nitrogens with two attached hydrogens (primary N) is 1. The van der Waals surface area contributed by atoms with Crippen LogP contribution in [0.25, 0.3) is 0 Å². The summed E-state index contributed by atoms with van der Waals surface area (Å²) >= 11 is 3.36. The van der Waals surface area contributed by atoms with E-state index < -0.39 is 11.9 Å². The first-order valence-corrected chi connectivity index (χ1v) is 13.7. The highest BCUT2D eigenvalue weighted by atomic mass is 79.9. The zero-order chi connectivity index (χ0) is 27.8. The molecule has 7 nitrogen and oxygen atoms in total. The first-order chi connectivity index (χ1) is 18.9. The van der Waals surface area contributed by atoms with Gasteiger partial charge in [0, 0.05) is 16.1 Å². The van der Waals surface area contributed by atoms with Crippen LogP contribution in [0.4, 0.5) is 0 Å². The van der Waals surface area contributed by atoms with Gasteiger partial charge >= 0.3 is 5.97 Å². The fourth-order valence-electron chi connectivity index (χ4n) is 4.46. The maximum Gasteiger partial charge on any atom is 0.343 e. The van der Waals surface area contributed by atoms with Gasteiger partial charge in [-0.15, -0.1) is 0 Å². The number of hydrogen-bond acceptors (Lipinski definition) is 7. The summed E-state index contributed by atoms with van der Waals surface area (Å²) in [4.78, 5) is 12.6. The molecular weight excluding hydrogens is 560 g/mol. The molecule has 0 saturated heterocycles. The molecule has 0 aliphatic carbocycles. The lowest BCUT2D eigenvalue weighted by Crippen LogP contribution is -2.21. The topological polar surface area (TPSA) is 104 Å². The SMILES string of the molecule is CCCCCCCOc1ccc(C2C(C#N)=C(N)Oc3cc(OC(=O)c4ccc(Br)cc4)ccc32)cc1OC. The Labute approximate surface area is 237 Å². The Kier molecular flexibility index (Phi) is 9.50. The average Bonchev–Trinajstić information content (AvgIpc) is 2.94. The summed E-state index contributed by atoms with van der Waals surface area (Å²) in [7, 11) is 1.59. The van der Waals surface area contributed by atoms with Crippen LogP contribution >= 0.6 is 15.9 Å². The third-order valence-electron chi connectivity index (χ3n) is 6.51. The molecule has 202 valence electrons. The van der Waals surface area contributed by atoms with E-state index in [1.54, 1.807) is 49.6 Å². The van der Waals surface area contributed by atoms with E-state index in [2.05, 4.69) is 28.9 Å². The standard InChI is InChI=1S/C31H31BrN2O5/c1-3-4-5-6-7-16-37-26-15-10-21(17-28(26)36-2)29-24-14-13-23(18-27(24)39-30(34)25(29)19-33)38-31(35)20-8-11-22(32)12-9-20/h8-15,17-18,29H,3-7,16,34H2,1-2H3. The summed E-state index contributed by atoms with van der Waals surface area (Å²) in [5.41, 5.74) is 8.39. The summed E-state index contributed by atoms with van der Waals surface area (Å²) in [6, 6.07) is 19.8. The summed E-state index contributed by atoms with van der Waals surface area (Å²) in [6.07, 6.45) is 5.74. The van der Waals surface area contributed by atoms with Crippen molar-refractivity contribution in [2.24, 2.45) is 5.73 Å². The molecule has 0 spiro atoms. The third kappa shape index (κ3) is 6.73. The maximum atomic E-state index is 12.6. The van der Waals surface area contributed by atoms with E-state index in [0.29, 0.717) is 35.2 Å². The number of nitrogens with zero attached hydrogens (tertiary/aromatic N) is 1. The Balaban J connectivity index is 1.57. The largest absolute Gasteiger partial charge is 0.493 e. The molecule has 2 N–H and O–H groups in total. The molecule has 0 aromatic heterocycles. The number of esters is 1. The van der Waals surface area contributed by atoms with E-state index in [1.807, 2.05) is 18.2 Å². The van der Waals surface area contributed by atoms with Crippen LogP contribution in [-0.4, -0.2) is 19.7 Å². The third-order valence-corrected chi connectivity index (χ3v) is 7.04. The first-order valence-electron chi connectivity index (χ1n) is 12.9. The number of unbranched alkanes of at least 4 members (excludes halogenated alkanes) is 4. The highest BCUT2D eigenvalue weighted by molar-refractivity contribution is 9.10. The predicted molar refractivity (Wildman–Crippen MR) is 152 cm³/mol. The van der Waals surface area contributed by atoms with Gasteiger partial charge in [0.05, 0.1) is 25.2 Å². The number of methoxy groups -OCH3 is 1. The van der Waals surface area contributed by atoms with Gasteiger partial charge in [-0.1, -0.05) is 60.7 Å². The maximum absolute atomic E-state index is 12.6. The van der Waals surface area contributed by atoms with E-state index in [0.717, 1.165) is 28.4 Å². The monoisotopic (exact) mass is 590 g/mol. The van der Waals surface area contributed by atoms with Crippen LogP contribution in [0.5, 0.6) is 23.0 Å². The molecule has 1 atom stereocenters. The minimum absolute atomic E-state index is 0.00208. The van der Waals surface area contributed by atoms with E-state index in [-0.39, 0.29) is 11.5 Å². The summed E-state index contributed by atoms with van der Waals surface area (Å²) in [6.45, 7) is 2.80. The van der Waals surface area contributed by atoms with Gasteiger partial charge in [0.25, 0.3) is 0 Å². The van der Waals surface area contributed by atoms with Crippen molar-refractivity contribution in [2.75, 3.05) is 13.7 Å². The molecule has 0 radical (unpaired) electrons. The lowest BCUT2D eigenvalue weighted by atomic mass is 9.83. The van der Waals surface area contributed by atoms with Crippen molar-refractivity contribution < 1.29 is 23.7 Å². The second-order valence-electron chi connectivity index (χ2n) is 9.19. The first kappa shape index (κ1) is 28.1. The lowest BCUT2D eigenvalue weighted by Gasteiger charge is -2.27. The minimum Gasteiger partial charge on any atom is -0.493 e. The number of carbonyl (C=O) groups is 1. The fourth-order valence-corrected chi connectivity index (χ4v) is 4.73. The van der Waals surface area contributed by atoms with Crippen molar-refractivity contribution in [2.45, 2.75) is 44.9 Å². The number of halogens is 1. The molecule has 1 aliphatic heterocycles. The number of benzene rings is 3. The van der Waals surface area contributed by atoms with Crippen LogP contribution in [0, 0.1) is 11.3 Å². The van der Waals surface area contributed by atoms with Crippen LogP contribution in [0.2, 0.25) is 0 Å². The van der Waals surface area contributed by atoms with E-state index in [1.165, 1.54) is 19.3 Å². The van der Waals surface area contributed by atoms with Crippen LogP contribution in [-0.2, 0) is 0 Å². The Morgan fingerprint density at radius 2 is 1.79 bits per heavy atom. The normalized spacial score (nSPS) is 14.2.